The Balaban J connectivity index is 2.89. The summed E-state index contributed by atoms with van der Waals surface area (Å²) in [6, 6.07) is 7.03. The SMILES string of the molecule is C=C(C(=O)OC)[C@@H](O)c1cccc(Br)c1. The standard InChI is InChI=1S/C11H11BrO3/c1-7(11(14)15-2)10(13)8-4-3-5-9(12)6-8/h3-6,10,13H,1H2,2H3/t10-/m1/s1. The molecule has 0 amide bonds. The highest BCUT2D eigenvalue weighted by atomic mass is 79.9. The third kappa shape index (κ3) is 2.91. The zero-order valence-electron chi connectivity index (χ0n) is 8.24. The van der Waals surface area contributed by atoms with Gasteiger partial charge in [-0.25, -0.2) is 4.79 Å². The molecule has 80 valence electrons. The van der Waals surface area contributed by atoms with E-state index in [2.05, 4.69) is 27.2 Å². The van der Waals surface area contributed by atoms with Gasteiger partial charge in [-0.3, -0.25) is 0 Å². The second-order valence-corrected chi connectivity index (χ2v) is 3.89. The van der Waals surface area contributed by atoms with Crippen molar-refractivity contribution in [1.82, 2.24) is 0 Å². The first-order valence-corrected chi connectivity index (χ1v) is 5.06. The first-order chi connectivity index (χ1) is 7.06. The smallest absolute Gasteiger partial charge is 0.336 e. The van der Waals surface area contributed by atoms with E-state index in [0.717, 1.165) is 4.47 Å². The third-order valence-electron chi connectivity index (χ3n) is 1.94. The van der Waals surface area contributed by atoms with Gasteiger partial charge in [0.2, 0.25) is 0 Å². The van der Waals surface area contributed by atoms with Crippen molar-refractivity contribution in [3.63, 3.8) is 0 Å². The average Bonchev–Trinajstić information content (AvgIpc) is 2.26. The van der Waals surface area contributed by atoms with Crippen LogP contribution in [0, 0.1) is 0 Å². The predicted molar refractivity (Wildman–Crippen MR) is 60.3 cm³/mol. The number of hydrogen-bond acceptors (Lipinski definition) is 3. The summed E-state index contributed by atoms with van der Waals surface area (Å²) >= 11 is 3.28. The number of methoxy groups -OCH3 is 1. The summed E-state index contributed by atoms with van der Waals surface area (Å²) in [4.78, 5) is 11.1. The quantitative estimate of drug-likeness (QED) is 0.677. The lowest BCUT2D eigenvalue weighted by Crippen LogP contribution is -2.11. The van der Waals surface area contributed by atoms with Crippen LogP contribution in [0.1, 0.15) is 11.7 Å². The van der Waals surface area contributed by atoms with Crippen molar-refractivity contribution in [2.45, 2.75) is 6.10 Å². The Morgan fingerprint density at radius 1 is 1.60 bits per heavy atom. The van der Waals surface area contributed by atoms with E-state index in [4.69, 9.17) is 0 Å². The molecule has 0 saturated carbocycles. The number of carbonyl (C=O) groups is 1. The normalized spacial score (nSPS) is 11.9. The lowest BCUT2D eigenvalue weighted by Gasteiger charge is -2.12. The van der Waals surface area contributed by atoms with Gasteiger partial charge in [-0.2, -0.15) is 0 Å². The van der Waals surface area contributed by atoms with E-state index in [0.29, 0.717) is 5.56 Å². The van der Waals surface area contributed by atoms with Gasteiger partial charge in [-0.1, -0.05) is 34.6 Å². The molecule has 0 aliphatic heterocycles. The predicted octanol–water partition coefficient (Wildman–Crippen LogP) is 2.21. The number of rotatable bonds is 3. The summed E-state index contributed by atoms with van der Waals surface area (Å²) in [6.07, 6.45) is -1.03. The Labute approximate surface area is 96.5 Å². The summed E-state index contributed by atoms with van der Waals surface area (Å²) in [7, 11) is 1.25. The molecule has 0 radical (unpaired) electrons. The van der Waals surface area contributed by atoms with Crippen molar-refractivity contribution in [1.29, 1.82) is 0 Å². The van der Waals surface area contributed by atoms with Crippen LogP contribution < -0.4 is 0 Å². The molecule has 0 bridgehead atoms. The van der Waals surface area contributed by atoms with Crippen molar-refractivity contribution >= 4 is 21.9 Å². The van der Waals surface area contributed by atoms with Crippen LogP contribution in [-0.2, 0) is 9.53 Å². The maximum Gasteiger partial charge on any atom is 0.336 e. The lowest BCUT2D eigenvalue weighted by atomic mass is 10.0. The fourth-order valence-corrected chi connectivity index (χ4v) is 1.54. The molecular weight excluding hydrogens is 260 g/mol. The number of halogens is 1. The first kappa shape index (κ1) is 11.9. The number of esters is 1. The molecule has 0 aromatic heterocycles. The van der Waals surface area contributed by atoms with Crippen molar-refractivity contribution < 1.29 is 14.6 Å². The van der Waals surface area contributed by atoms with Gasteiger partial charge in [0.1, 0.15) is 6.10 Å². The highest BCUT2D eigenvalue weighted by Crippen LogP contribution is 2.23. The van der Waals surface area contributed by atoms with E-state index in [1.54, 1.807) is 18.2 Å². The molecule has 15 heavy (non-hydrogen) atoms. The minimum atomic E-state index is -1.03. The van der Waals surface area contributed by atoms with Crippen molar-refractivity contribution in [2.75, 3.05) is 7.11 Å². The van der Waals surface area contributed by atoms with Gasteiger partial charge in [0.15, 0.2) is 0 Å². The second-order valence-electron chi connectivity index (χ2n) is 2.97. The number of hydrogen-bond donors (Lipinski definition) is 1. The Bertz CT molecular complexity index is 387. The Morgan fingerprint density at radius 3 is 2.80 bits per heavy atom. The molecule has 1 atom stereocenters. The highest BCUT2D eigenvalue weighted by Gasteiger charge is 2.18. The van der Waals surface area contributed by atoms with E-state index in [1.807, 2.05) is 6.07 Å². The molecule has 1 aromatic carbocycles. The van der Waals surface area contributed by atoms with Crippen LogP contribution in [0.4, 0.5) is 0 Å². The fourth-order valence-electron chi connectivity index (χ4n) is 1.12. The number of aliphatic hydroxyl groups excluding tert-OH is 1. The maximum atomic E-state index is 11.1. The molecule has 0 aliphatic rings. The van der Waals surface area contributed by atoms with Crippen LogP contribution in [0.3, 0.4) is 0 Å². The lowest BCUT2D eigenvalue weighted by molar-refractivity contribution is -0.137. The molecule has 1 aromatic rings. The minimum absolute atomic E-state index is 0.0237. The van der Waals surface area contributed by atoms with Gasteiger partial charge in [-0.05, 0) is 17.7 Å². The van der Waals surface area contributed by atoms with Crippen molar-refractivity contribution in [3.05, 3.63) is 46.5 Å². The molecule has 0 saturated heterocycles. The number of carbonyl (C=O) groups excluding carboxylic acids is 1. The average molecular weight is 271 g/mol. The fraction of sp³-hybridized carbons (Fsp3) is 0.182. The van der Waals surface area contributed by atoms with Gasteiger partial charge in [0.05, 0.1) is 12.7 Å². The summed E-state index contributed by atoms with van der Waals surface area (Å²) in [5.41, 5.74) is 0.621. The third-order valence-corrected chi connectivity index (χ3v) is 2.44. The van der Waals surface area contributed by atoms with Crippen molar-refractivity contribution in [3.8, 4) is 0 Å². The van der Waals surface area contributed by atoms with Crippen LogP contribution in [-0.4, -0.2) is 18.2 Å². The summed E-state index contributed by atoms with van der Waals surface area (Å²) in [5.74, 6) is -0.609. The Morgan fingerprint density at radius 2 is 2.27 bits per heavy atom. The van der Waals surface area contributed by atoms with E-state index >= 15 is 0 Å². The van der Waals surface area contributed by atoms with E-state index in [-0.39, 0.29) is 5.57 Å². The number of aliphatic hydroxyl groups is 1. The van der Waals surface area contributed by atoms with Gasteiger partial charge in [-0.15, -0.1) is 0 Å². The topological polar surface area (TPSA) is 46.5 Å². The van der Waals surface area contributed by atoms with Crippen LogP contribution >= 0.6 is 15.9 Å². The van der Waals surface area contributed by atoms with Gasteiger partial charge in [0, 0.05) is 4.47 Å². The first-order valence-electron chi connectivity index (χ1n) is 4.27. The summed E-state index contributed by atoms with van der Waals surface area (Å²) < 4.78 is 5.30. The molecule has 3 nitrogen and oxygen atoms in total. The molecule has 0 spiro atoms. The van der Waals surface area contributed by atoms with E-state index in [1.165, 1.54) is 7.11 Å². The maximum absolute atomic E-state index is 11.1. The zero-order valence-corrected chi connectivity index (χ0v) is 9.82. The van der Waals surface area contributed by atoms with Crippen LogP contribution in [0.2, 0.25) is 0 Å². The minimum Gasteiger partial charge on any atom is -0.466 e. The van der Waals surface area contributed by atoms with Crippen LogP contribution in [0.15, 0.2) is 40.9 Å². The van der Waals surface area contributed by atoms with Crippen LogP contribution in [0.25, 0.3) is 0 Å². The molecule has 1 rings (SSSR count). The molecule has 0 heterocycles. The monoisotopic (exact) mass is 270 g/mol. The molecule has 4 heteroatoms. The van der Waals surface area contributed by atoms with Crippen LogP contribution in [0.5, 0.6) is 0 Å². The summed E-state index contributed by atoms with van der Waals surface area (Å²) in [5, 5.41) is 9.79. The molecule has 1 N–H and O–H groups in total. The molecule has 0 fully saturated rings. The molecular formula is C11H11BrO3. The van der Waals surface area contributed by atoms with Gasteiger partial charge in [0.25, 0.3) is 0 Å². The number of benzene rings is 1. The van der Waals surface area contributed by atoms with Gasteiger partial charge < -0.3 is 9.84 Å². The zero-order chi connectivity index (χ0) is 11.4. The largest absolute Gasteiger partial charge is 0.466 e. The van der Waals surface area contributed by atoms with Gasteiger partial charge >= 0.3 is 5.97 Å². The Kier molecular flexibility index (Phi) is 4.05. The van der Waals surface area contributed by atoms with E-state index < -0.39 is 12.1 Å². The molecule has 0 aliphatic carbocycles. The summed E-state index contributed by atoms with van der Waals surface area (Å²) in [6.45, 7) is 3.49. The highest BCUT2D eigenvalue weighted by molar-refractivity contribution is 9.10. The number of ether oxygens (including phenoxy) is 1. The molecule has 0 unspecified atom stereocenters. The van der Waals surface area contributed by atoms with E-state index in [9.17, 15) is 9.90 Å². The Hall–Kier alpha value is -1.13. The van der Waals surface area contributed by atoms with Crippen molar-refractivity contribution in [2.24, 2.45) is 0 Å². The second kappa shape index (κ2) is 5.09.